The molecule has 10 heteroatoms. The van der Waals surface area contributed by atoms with E-state index < -0.39 is 15.9 Å². The molecule has 0 aromatic heterocycles. The Morgan fingerprint density at radius 3 is 1.97 bits per heavy atom. The molecule has 1 N–H and O–H groups in total. The summed E-state index contributed by atoms with van der Waals surface area (Å²) in [5, 5.41) is 2.73. The summed E-state index contributed by atoms with van der Waals surface area (Å²) in [5.74, 6) is 0.855. The van der Waals surface area contributed by atoms with Gasteiger partial charge in [-0.25, -0.2) is 8.42 Å². The van der Waals surface area contributed by atoms with E-state index in [4.69, 9.17) is 18.9 Å². The molecule has 1 aliphatic rings. The fraction of sp³-hybridized carbons (Fsp3) is 0.409. The number of hydrogen-bond donors (Lipinski definition) is 1. The number of anilines is 1. The molecule has 0 bridgehead atoms. The van der Waals surface area contributed by atoms with Gasteiger partial charge in [0.25, 0.3) is 5.91 Å². The molecular weight excluding hydrogens is 436 g/mol. The first-order chi connectivity index (χ1) is 15.3. The minimum absolute atomic E-state index is 0.0976. The molecule has 1 fully saturated rings. The number of piperidine rings is 1. The smallest absolute Gasteiger partial charge is 0.256 e. The van der Waals surface area contributed by atoms with Gasteiger partial charge in [-0.2, -0.15) is 4.31 Å². The first kappa shape index (κ1) is 23.7. The number of sulfonamides is 1. The van der Waals surface area contributed by atoms with Crippen LogP contribution in [-0.4, -0.2) is 60.2 Å². The molecule has 3 rings (SSSR count). The summed E-state index contributed by atoms with van der Waals surface area (Å²) < 4.78 is 48.8. The van der Waals surface area contributed by atoms with Crippen molar-refractivity contribution < 1.29 is 32.2 Å². The Kier molecular flexibility index (Phi) is 7.47. The van der Waals surface area contributed by atoms with Crippen LogP contribution < -0.4 is 24.3 Å². The first-order valence-electron chi connectivity index (χ1n) is 10.1. The van der Waals surface area contributed by atoms with Crippen LogP contribution in [0.4, 0.5) is 5.69 Å². The highest BCUT2D eigenvalue weighted by molar-refractivity contribution is 7.89. The van der Waals surface area contributed by atoms with Gasteiger partial charge in [-0.3, -0.25) is 4.79 Å². The van der Waals surface area contributed by atoms with E-state index in [1.807, 2.05) is 0 Å². The third-order valence-electron chi connectivity index (χ3n) is 5.30. The molecule has 32 heavy (non-hydrogen) atoms. The molecule has 1 saturated heterocycles. The van der Waals surface area contributed by atoms with Crippen LogP contribution in [0.2, 0.25) is 0 Å². The number of carbonyl (C=O) groups excluding carboxylic acids is 1. The number of amides is 1. The highest BCUT2D eigenvalue weighted by atomic mass is 32.2. The van der Waals surface area contributed by atoms with Crippen molar-refractivity contribution in [1.29, 1.82) is 0 Å². The van der Waals surface area contributed by atoms with Gasteiger partial charge in [0.1, 0.15) is 5.75 Å². The zero-order valence-electron chi connectivity index (χ0n) is 18.6. The summed E-state index contributed by atoms with van der Waals surface area (Å²) in [6.45, 7) is 0.975. The third-order valence-corrected chi connectivity index (χ3v) is 7.19. The number of carbonyl (C=O) groups is 1. The third kappa shape index (κ3) is 4.76. The molecule has 0 saturated carbocycles. The predicted octanol–water partition coefficient (Wildman–Crippen LogP) is 3.15. The lowest BCUT2D eigenvalue weighted by atomic mass is 10.1. The molecule has 9 nitrogen and oxygen atoms in total. The summed E-state index contributed by atoms with van der Waals surface area (Å²) in [4.78, 5) is 13.1. The Morgan fingerprint density at radius 2 is 1.44 bits per heavy atom. The second-order valence-corrected chi connectivity index (χ2v) is 9.13. The first-order valence-corrected chi connectivity index (χ1v) is 11.6. The van der Waals surface area contributed by atoms with Gasteiger partial charge in [-0.15, -0.1) is 0 Å². The molecule has 1 amide bonds. The van der Waals surface area contributed by atoms with E-state index in [-0.39, 0.29) is 16.1 Å². The largest absolute Gasteiger partial charge is 0.495 e. The van der Waals surface area contributed by atoms with E-state index in [2.05, 4.69) is 5.32 Å². The van der Waals surface area contributed by atoms with Crippen molar-refractivity contribution in [3.05, 3.63) is 35.9 Å². The molecule has 0 atom stereocenters. The summed E-state index contributed by atoms with van der Waals surface area (Å²) in [5.41, 5.74) is 0.482. The number of methoxy groups -OCH3 is 4. The van der Waals surface area contributed by atoms with Crippen LogP contribution in [0, 0.1) is 0 Å². The predicted molar refractivity (Wildman–Crippen MR) is 120 cm³/mol. The highest BCUT2D eigenvalue weighted by Gasteiger charge is 2.27. The van der Waals surface area contributed by atoms with Gasteiger partial charge < -0.3 is 24.3 Å². The molecule has 0 radical (unpaired) electrons. The number of benzene rings is 2. The zero-order chi connectivity index (χ0) is 23.3. The minimum atomic E-state index is -3.67. The SMILES string of the molecule is COc1ccc(S(=O)(=O)N2CCCCC2)cc1NC(=O)c1cc(OC)c(OC)c(OC)c1. The van der Waals surface area contributed by atoms with Gasteiger partial charge in [-0.05, 0) is 43.2 Å². The Balaban J connectivity index is 1.94. The summed E-state index contributed by atoms with van der Waals surface area (Å²) in [6.07, 6.45) is 2.69. The van der Waals surface area contributed by atoms with Crippen LogP contribution in [0.5, 0.6) is 23.0 Å². The molecule has 0 aliphatic carbocycles. The van der Waals surface area contributed by atoms with Crippen LogP contribution in [0.3, 0.4) is 0 Å². The lowest BCUT2D eigenvalue weighted by molar-refractivity contribution is 0.102. The topological polar surface area (TPSA) is 103 Å². The molecule has 2 aromatic rings. The second kappa shape index (κ2) is 10.1. The lowest BCUT2D eigenvalue weighted by Gasteiger charge is -2.26. The summed E-state index contributed by atoms with van der Waals surface area (Å²) in [6, 6.07) is 7.45. The van der Waals surface area contributed by atoms with Crippen LogP contribution in [0.25, 0.3) is 0 Å². The Bertz CT molecular complexity index is 1050. The zero-order valence-corrected chi connectivity index (χ0v) is 19.5. The van der Waals surface area contributed by atoms with Gasteiger partial charge in [-0.1, -0.05) is 6.42 Å². The van der Waals surface area contributed by atoms with Gasteiger partial charge in [0.2, 0.25) is 15.8 Å². The van der Waals surface area contributed by atoms with Crippen LogP contribution >= 0.6 is 0 Å². The molecule has 0 unspecified atom stereocenters. The number of nitrogens with one attached hydrogen (secondary N) is 1. The van der Waals surface area contributed by atoms with Crippen molar-refractivity contribution in [2.45, 2.75) is 24.2 Å². The normalized spacial score (nSPS) is 14.5. The van der Waals surface area contributed by atoms with E-state index in [0.717, 1.165) is 19.3 Å². The van der Waals surface area contributed by atoms with Gasteiger partial charge >= 0.3 is 0 Å². The standard InChI is InChI=1S/C22H28N2O7S/c1-28-18-9-8-16(32(26,27)24-10-6-5-7-11-24)14-17(18)23-22(25)15-12-19(29-2)21(31-4)20(13-15)30-3/h8-9,12-14H,5-7,10-11H2,1-4H3,(H,23,25). The molecule has 1 heterocycles. The maximum atomic E-state index is 13.1. The average molecular weight is 465 g/mol. The molecule has 174 valence electrons. The van der Waals surface area contributed by atoms with Crippen LogP contribution in [0.15, 0.2) is 35.2 Å². The van der Waals surface area contributed by atoms with Crippen molar-refractivity contribution in [2.75, 3.05) is 46.8 Å². The van der Waals surface area contributed by atoms with E-state index in [0.29, 0.717) is 36.1 Å². The van der Waals surface area contributed by atoms with Crippen molar-refractivity contribution >= 4 is 21.6 Å². The van der Waals surface area contributed by atoms with Crippen LogP contribution in [-0.2, 0) is 10.0 Å². The van der Waals surface area contributed by atoms with E-state index in [1.54, 1.807) is 0 Å². The van der Waals surface area contributed by atoms with E-state index in [1.165, 1.54) is 63.1 Å². The maximum Gasteiger partial charge on any atom is 0.256 e. The Morgan fingerprint density at radius 1 is 0.844 bits per heavy atom. The number of hydrogen-bond acceptors (Lipinski definition) is 7. The highest BCUT2D eigenvalue weighted by Crippen LogP contribution is 2.38. The van der Waals surface area contributed by atoms with Crippen molar-refractivity contribution in [3.8, 4) is 23.0 Å². The van der Waals surface area contributed by atoms with E-state index >= 15 is 0 Å². The van der Waals surface area contributed by atoms with Gasteiger partial charge in [0.15, 0.2) is 11.5 Å². The average Bonchev–Trinajstić information content (AvgIpc) is 2.83. The summed E-state index contributed by atoms with van der Waals surface area (Å²) in [7, 11) is 2.16. The number of rotatable bonds is 8. The van der Waals surface area contributed by atoms with Crippen LogP contribution in [0.1, 0.15) is 29.6 Å². The quantitative estimate of drug-likeness (QED) is 0.640. The van der Waals surface area contributed by atoms with Crippen molar-refractivity contribution in [1.82, 2.24) is 4.31 Å². The Labute approximate surface area is 188 Å². The van der Waals surface area contributed by atoms with Crippen molar-refractivity contribution in [2.24, 2.45) is 0 Å². The molecule has 1 aliphatic heterocycles. The van der Waals surface area contributed by atoms with Gasteiger partial charge in [0, 0.05) is 18.7 Å². The lowest BCUT2D eigenvalue weighted by Crippen LogP contribution is -2.35. The van der Waals surface area contributed by atoms with Gasteiger partial charge in [0.05, 0.1) is 39.0 Å². The minimum Gasteiger partial charge on any atom is -0.495 e. The molecule has 2 aromatic carbocycles. The second-order valence-electron chi connectivity index (χ2n) is 7.19. The number of ether oxygens (including phenoxy) is 4. The fourth-order valence-electron chi connectivity index (χ4n) is 3.61. The Hall–Kier alpha value is -2.98. The van der Waals surface area contributed by atoms with E-state index in [9.17, 15) is 13.2 Å². The fourth-order valence-corrected chi connectivity index (χ4v) is 5.15. The molecular formula is C22H28N2O7S. The van der Waals surface area contributed by atoms with Crippen molar-refractivity contribution in [3.63, 3.8) is 0 Å². The maximum absolute atomic E-state index is 13.1. The number of nitrogens with zero attached hydrogens (tertiary/aromatic N) is 1. The summed E-state index contributed by atoms with van der Waals surface area (Å²) >= 11 is 0. The monoisotopic (exact) mass is 464 g/mol. The molecule has 0 spiro atoms.